The van der Waals surface area contributed by atoms with E-state index in [9.17, 15) is 9.82 Å². The van der Waals surface area contributed by atoms with Crippen LogP contribution in [0.25, 0.3) is 0 Å². The van der Waals surface area contributed by atoms with Crippen molar-refractivity contribution >= 4 is 13.0 Å². The molecule has 98 valence electrons. The molecular formula is C14H17BN2O2. The van der Waals surface area contributed by atoms with Crippen molar-refractivity contribution in [3.8, 4) is 11.8 Å². The molecular weight excluding hydrogens is 239 g/mol. The van der Waals surface area contributed by atoms with E-state index in [1.54, 1.807) is 11.7 Å². The number of carbonyl (C=O) groups excluding carboxylic acids is 1. The van der Waals surface area contributed by atoms with Crippen LogP contribution in [0.15, 0.2) is 30.3 Å². The molecule has 0 unspecified atom stereocenters. The topological polar surface area (TPSA) is 43.8 Å². The quantitative estimate of drug-likeness (QED) is 0.580. The zero-order valence-electron chi connectivity index (χ0n) is 11.0. The molecule has 0 radical (unpaired) electrons. The van der Waals surface area contributed by atoms with Gasteiger partial charge in [-0.05, 0) is 19.0 Å². The smallest absolute Gasteiger partial charge is 0.376 e. The van der Waals surface area contributed by atoms with Crippen LogP contribution in [0, 0.1) is 11.8 Å². The van der Waals surface area contributed by atoms with Gasteiger partial charge in [0.25, 0.3) is 5.91 Å². The van der Waals surface area contributed by atoms with E-state index in [4.69, 9.17) is 0 Å². The molecule has 1 aliphatic heterocycles. The molecule has 0 aliphatic carbocycles. The van der Waals surface area contributed by atoms with Gasteiger partial charge in [-0.25, -0.2) is 0 Å². The van der Waals surface area contributed by atoms with Crippen molar-refractivity contribution in [1.82, 2.24) is 9.71 Å². The molecule has 2 rings (SSSR count). The van der Waals surface area contributed by atoms with Crippen molar-refractivity contribution in [2.75, 3.05) is 26.2 Å². The Labute approximate surface area is 114 Å². The number of piperazine rings is 1. The van der Waals surface area contributed by atoms with Gasteiger partial charge in [-0.1, -0.05) is 24.1 Å². The summed E-state index contributed by atoms with van der Waals surface area (Å²) in [5, 5.41) is 9.45. The molecule has 1 aromatic rings. The highest BCUT2D eigenvalue weighted by Gasteiger charge is 2.24. The van der Waals surface area contributed by atoms with Crippen molar-refractivity contribution in [2.24, 2.45) is 0 Å². The van der Waals surface area contributed by atoms with E-state index in [0.29, 0.717) is 26.2 Å². The first-order valence-electron chi connectivity index (χ1n) is 6.45. The SMILES string of the molecule is CB(O)N1CCN(C(=O)C#Cc2ccccc2)CC1. The van der Waals surface area contributed by atoms with E-state index < -0.39 is 7.05 Å². The summed E-state index contributed by atoms with van der Waals surface area (Å²) in [6.07, 6.45) is 0. The number of benzene rings is 1. The third kappa shape index (κ3) is 3.85. The van der Waals surface area contributed by atoms with Gasteiger partial charge >= 0.3 is 7.05 Å². The van der Waals surface area contributed by atoms with Gasteiger partial charge in [0.15, 0.2) is 0 Å². The monoisotopic (exact) mass is 256 g/mol. The van der Waals surface area contributed by atoms with Crippen molar-refractivity contribution < 1.29 is 9.82 Å². The fourth-order valence-corrected chi connectivity index (χ4v) is 2.02. The second kappa shape index (κ2) is 6.42. The lowest BCUT2D eigenvalue weighted by Crippen LogP contribution is -2.52. The van der Waals surface area contributed by atoms with Crippen molar-refractivity contribution in [3.63, 3.8) is 0 Å². The van der Waals surface area contributed by atoms with E-state index in [-0.39, 0.29) is 5.91 Å². The first-order chi connectivity index (χ1) is 9.16. The number of carbonyl (C=O) groups is 1. The highest BCUT2D eigenvalue weighted by molar-refractivity contribution is 6.45. The van der Waals surface area contributed by atoms with E-state index >= 15 is 0 Å². The number of hydrogen-bond donors (Lipinski definition) is 1. The molecule has 1 N–H and O–H groups in total. The average molecular weight is 256 g/mol. The summed E-state index contributed by atoms with van der Waals surface area (Å²) < 4.78 is 0. The van der Waals surface area contributed by atoms with Crippen molar-refractivity contribution in [3.05, 3.63) is 35.9 Å². The zero-order chi connectivity index (χ0) is 13.7. The van der Waals surface area contributed by atoms with Gasteiger partial charge in [0.2, 0.25) is 0 Å². The van der Waals surface area contributed by atoms with Gasteiger partial charge in [0.05, 0.1) is 0 Å². The Morgan fingerprint density at radius 2 is 1.84 bits per heavy atom. The summed E-state index contributed by atoms with van der Waals surface area (Å²) in [4.78, 5) is 15.6. The molecule has 1 aliphatic rings. The lowest BCUT2D eigenvalue weighted by molar-refractivity contribution is -0.126. The minimum atomic E-state index is -0.451. The summed E-state index contributed by atoms with van der Waals surface area (Å²) in [5.74, 6) is 5.40. The summed E-state index contributed by atoms with van der Waals surface area (Å²) in [5.41, 5.74) is 0.846. The standard InChI is InChI=1S/C14H17BN2O2/c1-15(19)17-11-9-16(10-12-17)14(18)8-7-13-5-3-2-4-6-13/h2-6,19H,9-12H2,1H3. The highest BCUT2D eigenvalue weighted by atomic mass is 16.2. The molecule has 1 saturated heterocycles. The molecule has 1 fully saturated rings. The largest absolute Gasteiger partial charge is 0.437 e. The van der Waals surface area contributed by atoms with Gasteiger partial charge in [-0.2, -0.15) is 0 Å². The Kier molecular flexibility index (Phi) is 4.61. The Balaban J connectivity index is 1.90. The molecule has 0 bridgehead atoms. The predicted molar refractivity (Wildman–Crippen MR) is 75.3 cm³/mol. The summed E-state index contributed by atoms with van der Waals surface area (Å²) in [7, 11) is -0.451. The molecule has 1 amide bonds. The van der Waals surface area contributed by atoms with Crippen LogP contribution in [-0.2, 0) is 4.79 Å². The van der Waals surface area contributed by atoms with Crippen LogP contribution in [0.4, 0.5) is 0 Å². The Bertz CT molecular complexity index is 485. The van der Waals surface area contributed by atoms with E-state index in [2.05, 4.69) is 11.8 Å². The highest BCUT2D eigenvalue weighted by Crippen LogP contribution is 2.03. The molecule has 0 aromatic heterocycles. The third-order valence-electron chi connectivity index (χ3n) is 3.22. The van der Waals surface area contributed by atoms with E-state index in [1.807, 2.05) is 35.1 Å². The Hall–Kier alpha value is -1.77. The number of amides is 1. The van der Waals surface area contributed by atoms with Crippen molar-refractivity contribution in [1.29, 1.82) is 0 Å². The number of rotatable bonds is 1. The van der Waals surface area contributed by atoms with Gasteiger partial charge in [-0.15, -0.1) is 0 Å². The lowest BCUT2D eigenvalue weighted by Gasteiger charge is -2.34. The molecule has 1 aromatic carbocycles. The van der Waals surface area contributed by atoms with Crippen LogP contribution in [0.5, 0.6) is 0 Å². The van der Waals surface area contributed by atoms with Gasteiger partial charge in [-0.3, -0.25) is 4.79 Å². The maximum Gasteiger partial charge on any atom is 0.376 e. The second-order valence-electron chi connectivity index (χ2n) is 4.58. The van der Waals surface area contributed by atoms with Crippen molar-refractivity contribution in [2.45, 2.75) is 6.82 Å². The summed E-state index contributed by atoms with van der Waals surface area (Å²) >= 11 is 0. The molecule has 1 heterocycles. The molecule has 5 heteroatoms. The minimum Gasteiger partial charge on any atom is -0.437 e. The Morgan fingerprint density at radius 3 is 2.42 bits per heavy atom. The fraction of sp³-hybridized carbons (Fsp3) is 0.357. The maximum absolute atomic E-state index is 11.9. The van der Waals surface area contributed by atoms with Crippen LogP contribution in [0.1, 0.15) is 5.56 Å². The van der Waals surface area contributed by atoms with E-state index in [0.717, 1.165) is 5.56 Å². The molecule has 4 nitrogen and oxygen atoms in total. The predicted octanol–water partition coefficient (Wildman–Crippen LogP) is 0.293. The lowest BCUT2D eigenvalue weighted by atomic mass is 9.84. The summed E-state index contributed by atoms with van der Waals surface area (Å²) in [6.45, 7) is 4.36. The molecule has 0 saturated carbocycles. The average Bonchev–Trinajstić information content (AvgIpc) is 2.46. The van der Waals surface area contributed by atoms with Crippen LogP contribution < -0.4 is 0 Å². The van der Waals surface area contributed by atoms with Gasteiger partial charge in [0, 0.05) is 37.7 Å². The minimum absolute atomic E-state index is 0.144. The van der Waals surface area contributed by atoms with Gasteiger partial charge in [0.1, 0.15) is 0 Å². The van der Waals surface area contributed by atoms with Crippen LogP contribution in [0.2, 0.25) is 6.82 Å². The molecule has 19 heavy (non-hydrogen) atoms. The number of hydrogen-bond acceptors (Lipinski definition) is 3. The van der Waals surface area contributed by atoms with Crippen LogP contribution in [0.3, 0.4) is 0 Å². The van der Waals surface area contributed by atoms with Gasteiger partial charge < -0.3 is 14.7 Å². The zero-order valence-corrected chi connectivity index (χ0v) is 11.0. The fourth-order valence-electron chi connectivity index (χ4n) is 2.02. The summed E-state index contributed by atoms with van der Waals surface area (Å²) in [6, 6.07) is 9.48. The third-order valence-corrected chi connectivity index (χ3v) is 3.22. The molecule has 0 spiro atoms. The first kappa shape index (κ1) is 13.7. The van der Waals surface area contributed by atoms with E-state index in [1.165, 1.54) is 0 Å². The normalized spacial score (nSPS) is 15.6. The first-order valence-corrected chi connectivity index (χ1v) is 6.45. The molecule has 0 atom stereocenters. The maximum atomic E-state index is 11.9. The number of nitrogens with zero attached hydrogens (tertiary/aromatic N) is 2. The van der Waals surface area contributed by atoms with Crippen LogP contribution in [-0.4, -0.2) is 53.9 Å². The second-order valence-corrected chi connectivity index (χ2v) is 4.58. The Morgan fingerprint density at radius 1 is 1.21 bits per heavy atom. The van der Waals surface area contributed by atoms with Crippen LogP contribution >= 0.6 is 0 Å².